The van der Waals surface area contributed by atoms with Crippen molar-refractivity contribution in [1.29, 1.82) is 0 Å². The highest BCUT2D eigenvalue weighted by Crippen LogP contribution is 2.41. The van der Waals surface area contributed by atoms with Crippen molar-refractivity contribution < 1.29 is 4.74 Å². The molecule has 8 heteroatoms. The first kappa shape index (κ1) is 13.9. The van der Waals surface area contributed by atoms with Crippen molar-refractivity contribution in [2.75, 3.05) is 13.1 Å². The van der Waals surface area contributed by atoms with E-state index in [0.717, 1.165) is 38.2 Å². The number of fused-ring (bicyclic) bond motifs is 2. The third-order valence-corrected chi connectivity index (χ3v) is 5.14. The van der Waals surface area contributed by atoms with E-state index in [9.17, 15) is 9.59 Å². The predicted molar refractivity (Wildman–Crippen MR) is 80.8 cm³/mol. The normalized spacial score (nSPS) is 20.4. The highest BCUT2D eigenvalue weighted by atomic mass is 32.1. The Hall–Kier alpha value is -1.77. The molecule has 22 heavy (non-hydrogen) atoms. The molecule has 2 N–H and O–H groups in total. The highest BCUT2D eigenvalue weighted by molar-refractivity contribution is 7.07. The molecule has 2 aromatic rings. The number of hydrogen-bond donors (Lipinski definition) is 2. The van der Waals surface area contributed by atoms with Crippen LogP contribution in [-0.4, -0.2) is 32.9 Å². The Morgan fingerprint density at radius 2 is 2.14 bits per heavy atom. The Bertz CT molecular complexity index is 787. The van der Waals surface area contributed by atoms with Crippen LogP contribution in [0, 0.1) is 0 Å². The zero-order valence-corrected chi connectivity index (χ0v) is 12.7. The van der Waals surface area contributed by atoms with Crippen LogP contribution in [0.1, 0.15) is 29.8 Å². The van der Waals surface area contributed by atoms with Gasteiger partial charge < -0.3 is 9.72 Å². The smallest absolute Gasteiger partial charge is 0.325 e. The summed E-state index contributed by atoms with van der Waals surface area (Å²) >= 11 is 1.60. The molecule has 7 nitrogen and oxygen atoms in total. The molecule has 0 aromatic carbocycles. The fourth-order valence-corrected chi connectivity index (χ4v) is 3.97. The maximum Gasteiger partial charge on any atom is 0.325 e. The number of thiazole rings is 1. The van der Waals surface area contributed by atoms with Crippen LogP contribution in [0.3, 0.4) is 0 Å². The van der Waals surface area contributed by atoms with Crippen LogP contribution in [0.25, 0.3) is 0 Å². The minimum atomic E-state index is -0.550. The highest BCUT2D eigenvalue weighted by Gasteiger charge is 2.45. The van der Waals surface area contributed by atoms with Gasteiger partial charge in [-0.1, -0.05) is 0 Å². The zero-order valence-electron chi connectivity index (χ0n) is 11.9. The van der Waals surface area contributed by atoms with Crippen molar-refractivity contribution in [3.05, 3.63) is 48.7 Å². The molecule has 116 valence electrons. The van der Waals surface area contributed by atoms with Crippen LogP contribution in [0.4, 0.5) is 0 Å². The van der Waals surface area contributed by atoms with Gasteiger partial charge in [0.05, 0.1) is 29.1 Å². The standard InChI is InChI=1S/C14H16N4O3S/c19-12-11-10(16-13(20)17-12)6-21-14(11)1-3-18(4-2-14)5-9-7-22-8-15-9/h7-8H,1-6H2,(H2,16,17,19,20). The van der Waals surface area contributed by atoms with E-state index >= 15 is 0 Å². The second kappa shape index (κ2) is 5.15. The van der Waals surface area contributed by atoms with Crippen LogP contribution in [-0.2, 0) is 23.5 Å². The number of H-pyrrole nitrogens is 2. The van der Waals surface area contributed by atoms with E-state index in [0.29, 0.717) is 17.9 Å². The van der Waals surface area contributed by atoms with Crippen LogP contribution >= 0.6 is 11.3 Å². The second-order valence-corrected chi connectivity index (χ2v) is 6.52. The summed E-state index contributed by atoms with van der Waals surface area (Å²) in [5, 5.41) is 2.06. The minimum Gasteiger partial charge on any atom is -0.364 e. The summed E-state index contributed by atoms with van der Waals surface area (Å²) in [4.78, 5) is 35.2. The third kappa shape index (κ3) is 2.23. The Kier molecular flexibility index (Phi) is 3.24. The van der Waals surface area contributed by atoms with Crippen molar-refractivity contribution in [2.45, 2.75) is 31.6 Å². The average molecular weight is 320 g/mol. The van der Waals surface area contributed by atoms with Crippen molar-refractivity contribution in [3.8, 4) is 0 Å². The Balaban J connectivity index is 1.55. The van der Waals surface area contributed by atoms with Gasteiger partial charge in [-0.05, 0) is 12.8 Å². The fourth-order valence-electron chi connectivity index (χ4n) is 3.42. The van der Waals surface area contributed by atoms with E-state index in [-0.39, 0.29) is 5.56 Å². The molecular formula is C14H16N4O3S. The van der Waals surface area contributed by atoms with Crippen LogP contribution in [0.2, 0.25) is 0 Å². The predicted octanol–water partition coefficient (Wildman–Crippen LogP) is 0.541. The lowest BCUT2D eigenvalue weighted by atomic mass is 9.85. The molecule has 0 amide bonds. The van der Waals surface area contributed by atoms with Crippen molar-refractivity contribution in [3.63, 3.8) is 0 Å². The second-order valence-electron chi connectivity index (χ2n) is 5.80. The Labute approximate surface area is 130 Å². The topological polar surface area (TPSA) is 91.1 Å². The molecule has 0 bridgehead atoms. The van der Waals surface area contributed by atoms with Gasteiger partial charge >= 0.3 is 5.69 Å². The molecule has 1 spiro atoms. The lowest BCUT2D eigenvalue weighted by molar-refractivity contribution is -0.0808. The number of piperidine rings is 1. The van der Waals surface area contributed by atoms with Gasteiger partial charge in [-0.3, -0.25) is 14.7 Å². The molecule has 2 aliphatic rings. The fraction of sp³-hybridized carbons (Fsp3) is 0.500. The van der Waals surface area contributed by atoms with Crippen molar-refractivity contribution in [1.82, 2.24) is 19.9 Å². The van der Waals surface area contributed by atoms with E-state index in [4.69, 9.17) is 4.74 Å². The number of ether oxygens (including phenoxy) is 1. The SMILES string of the molecule is O=c1[nH]c2c(c(=O)[nH]1)C1(CCN(Cc3cscn3)CC1)OC2. The zero-order chi connectivity index (χ0) is 15.2. The Morgan fingerprint density at radius 1 is 1.32 bits per heavy atom. The number of likely N-dealkylation sites (tertiary alicyclic amines) is 1. The number of nitrogens with one attached hydrogen (secondary N) is 2. The van der Waals surface area contributed by atoms with E-state index < -0.39 is 11.3 Å². The summed E-state index contributed by atoms with van der Waals surface area (Å²) in [6.07, 6.45) is 1.50. The first-order chi connectivity index (χ1) is 10.7. The molecule has 1 saturated heterocycles. The molecular weight excluding hydrogens is 304 g/mol. The molecule has 1 fully saturated rings. The number of hydrogen-bond acceptors (Lipinski definition) is 6. The van der Waals surface area contributed by atoms with Crippen molar-refractivity contribution in [2.24, 2.45) is 0 Å². The summed E-state index contributed by atoms with van der Waals surface area (Å²) in [6.45, 7) is 2.82. The molecule has 0 aliphatic carbocycles. The van der Waals surface area contributed by atoms with Gasteiger partial charge in [-0.15, -0.1) is 11.3 Å². The van der Waals surface area contributed by atoms with Crippen LogP contribution < -0.4 is 11.2 Å². The summed E-state index contributed by atoms with van der Waals surface area (Å²) in [6, 6.07) is 0. The lowest BCUT2D eigenvalue weighted by Crippen LogP contribution is -2.45. The number of rotatable bonds is 2. The summed E-state index contributed by atoms with van der Waals surface area (Å²) in [5.41, 5.74) is 2.83. The van der Waals surface area contributed by atoms with Gasteiger partial charge in [0.2, 0.25) is 0 Å². The van der Waals surface area contributed by atoms with E-state index in [2.05, 4.69) is 25.2 Å². The molecule has 0 radical (unpaired) electrons. The number of nitrogens with zero attached hydrogens (tertiary/aromatic N) is 2. The quantitative estimate of drug-likeness (QED) is 0.843. The molecule has 0 saturated carbocycles. The van der Waals surface area contributed by atoms with Gasteiger partial charge in [0.25, 0.3) is 5.56 Å². The monoisotopic (exact) mass is 320 g/mol. The Morgan fingerprint density at radius 3 is 2.86 bits per heavy atom. The average Bonchev–Trinajstić information content (AvgIpc) is 3.10. The maximum absolute atomic E-state index is 12.2. The molecule has 0 atom stereocenters. The number of aromatic nitrogens is 3. The van der Waals surface area contributed by atoms with Gasteiger partial charge in [-0.25, -0.2) is 9.78 Å². The van der Waals surface area contributed by atoms with Gasteiger partial charge in [0.15, 0.2) is 0 Å². The lowest BCUT2D eigenvalue weighted by Gasteiger charge is -2.38. The van der Waals surface area contributed by atoms with Crippen LogP contribution in [0.15, 0.2) is 20.5 Å². The molecule has 2 aliphatic heterocycles. The first-order valence-electron chi connectivity index (χ1n) is 7.26. The van der Waals surface area contributed by atoms with Gasteiger partial charge in [0.1, 0.15) is 5.60 Å². The minimum absolute atomic E-state index is 0.306. The summed E-state index contributed by atoms with van der Waals surface area (Å²) in [7, 11) is 0. The van der Waals surface area contributed by atoms with Gasteiger partial charge in [-0.2, -0.15) is 0 Å². The molecule has 2 aromatic heterocycles. The van der Waals surface area contributed by atoms with Crippen LogP contribution in [0.5, 0.6) is 0 Å². The van der Waals surface area contributed by atoms with E-state index in [1.54, 1.807) is 11.3 Å². The largest absolute Gasteiger partial charge is 0.364 e. The number of aromatic amines is 2. The third-order valence-electron chi connectivity index (χ3n) is 4.50. The molecule has 4 rings (SSSR count). The van der Waals surface area contributed by atoms with Crippen molar-refractivity contribution >= 4 is 11.3 Å². The molecule has 4 heterocycles. The maximum atomic E-state index is 12.2. The summed E-state index contributed by atoms with van der Waals surface area (Å²) < 4.78 is 5.94. The van der Waals surface area contributed by atoms with E-state index in [1.165, 1.54) is 0 Å². The first-order valence-corrected chi connectivity index (χ1v) is 8.20. The van der Waals surface area contributed by atoms with E-state index in [1.807, 2.05) is 5.51 Å². The molecule has 0 unspecified atom stereocenters. The van der Waals surface area contributed by atoms with Gasteiger partial charge in [0, 0.05) is 25.0 Å². The summed E-state index contributed by atoms with van der Waals surface area (Å²) in [5.74, 6) is 0.